The number of morpholine rings is 1. The van der Waals surface area contributed by atoms with E-state index in [2.05, 4.69) is 16.0 Å². The van der Waals surface area contributed by atoms with Gasteiger partial charge in [-0.1, -0.05) is 107 Å². The van der Waals surface area contributed by atoms with Gasteiger partial charge in [0, 0.05) is 75.4 Å². The van der Waals surface area contributed by atoms with E-state index in [0.717, 1.165) is 56.6 Å². The molecule has 0 bridgehead atoms. The molecule has 5 fully saturated rings. The van der Waals surface area contributed by atoms with Crippen LogP contribution < -0.4 is 16.0 Å². The van der Waals surface area contributed by atoms with E-state index in [1.807, 2.05) is 26.0 Å². The van der Waals surface area contributed by atoms with Crippen LogP contribution in [-0.4, -0.2) is 265 Å². The Hall–Kier alpha value is -7.88. The number of ether oxygens (including phenoxy) is 1. The van der Waals surface area contributed by atoms with Crippen molar-refractivity contribution in [1.82, 2.24) is 60.0 Å². The molecule has 5 aliphatic rings. The van der Waals surface area contributed by atoms with Crippen molar-refractivity contribution in [2.24, 2.45) is 11.8 Å². The van der Waals surface area contributed by atoms with Crippen molar-refractivity contribution in [3.8, 4) is 0 Å². The predicted molar refractivity (Wildman–Crippen MR) is 365 cm³/mol. The Balaban J connectivity index is 1.28. The van der Waals surface area contributed by atoms with Crippen LogP contribution in [0.2, 0.25) is 5.02 Å². The zero-order valence-corrected chi connectivity index (χ0v) is 60.5. The molecule has 0 radical (unpaired) electrons. The van der Waals surface area contributed by atoms with Crippen LogP contribution >= 0.6 is 11.6 Å². The summed E-state index contributed by atoms with van der Waals surface area (Å²) in [5.41, 5.74) is -0.845. The third kappa shape index (κ3) is 19.4. The van der Waals surface area contributed by atoms with E-state index in [-0.39, 0.29) is 83.4 Å². The first-order valence-corrected chi connectivity index (χ1v) is 35.4. The maximum Gasteiger partial charge on any atom is 0.417 e. The van der Waals surface area contributed by atoms with Gasteiger partial charge in [-0.2, -0.15) is 13.2 Å². The quantitative estimate of drug-likeness (QED) is 0.301. The fourth-order valence-corrected chi connectivity index (χ4v) is 14.8. The Morgan fingerprint density at radius 1 is 0.650 bits per heavy atom. The van der Waals surface area contributed by atoms with Crippen molar-refractivity contribution in [2.75, 3.05) is 102 Å². The molecule has 2 saturated carbocycles. The van der Waals surface area contributed by atoms with Crippen molar-refractivity contribution in [3.05, 3.63) is 69.7 Å². The van der Waals surface area contributed by atoms with Gasteiger partial charge in [-0.05, 0) is 99.8 Å². The summed E-state index contributed by atoms with van der Waals surface area (Å²) in [6.07, 6.45) is -0.173. The summed E-state index contributed by atoms with van der Waals surface area (Å²) in [7, 11) is 9.71. The van der Waals surface area contributed by atoms with Crippen LogP contribution in [0.4, 0.5) is 13.2 Å². The molecular formula is C71H102ClF3N12O13. The number of carbonyl (C=O) groups is 12. The fraction of sp³-hybridized carbons (Fsp3) is 0.662. The van der Waals surface area contributed by atoms with E-state index >= 15 is 19.2 Å². The summed E-state index contributed by atoms with van der Waals surface area (Å²) in [5.74, 6) is -9.15. The van der Waals surface area contributed by atoms with E-state index < -0.39 is 173 Å². The zero-order valence-electron chi connectivity index (χ0n) is 59.8. The van der Waals surface area contributed by atoms with Crippen molar-refractivity contribution in [2.45, 2.75) is 191 Å². The van der Waals surface area contributed by atoms with Gasteiger partial charge in [-0.15, -0.1) is 0 Å². The van der Waals surface area contributed by atoms with Gasteiger partial charge in [0.15, 0.2) is 0 Å². The first-order chi connectivity index (χ1) is 47.2. The van der Waals surface area contributed by atoms with E-state index in [4.69, 9.17) is 16.3 Å². The molecule has 2 aliphatic carbocycles. The Labute approximate surface area is 589 Å². The number of amides is 12. The molecule has 7 rings (SSSR count). The number of carbonyl (C=O) groups excluding carboxylic acids is 12. The normalized spacial score (nSPS) is 25.7. The first kappa shape index (κ1) is 79.4. The lowest BCUT2D eigenvalue weighted by Crippen LogP contribution is -2.65. The van der Waals surface area contributed by atoms with Gasteiger partial charge >= 0.3 is 6.18 Å². The molecule has 3 saturated heterocycles. The van der Waals surface area contributed by atoms with Crippen LogP contribution in [0.5, 0.6) is 0 Å². The van der Waals surface area contributed by atoms with E-state index in [9.17, 15) is 51.5 Å². The number of hydrogen-bond donors (Lipinski definition) is 3. The molecule has 100 heavy (non-hydrogen) atoms. The lowest BCUT2D eigenvalue weighted by molar-refractivity contribution is -0.158. The molecule has 25 nitrogen and oxygen atoms in total. The van der Waals surface area contributed by atoms with E-state index in [1.54, 1.807) is 26.0 Å². The SMILES string of the molecule is CC[C@H](C)[C@@H]1NC(=O)[C@H](CC)N(C)C(=O)C[C@@H](C(=O)N2CCOCC2)N(C)C(=O)[C@H](C2CCCCC2)N(C)C(=O)C2(CCCC2)NC(=O)[C@@H]2CCCN2C(=O)[C@H](CCc2ccc(C(F)(F)F)c(Cl)c2)NC(=O)CN(C)C(=O)[C@H](Cc2ccc(C)cc2)N(C)C(=O)CN(C)C(=O)CN(C)C1=O. The van der Waals surface area contributed by atoms with Crippen LogP contribution in [0, 0.1) is 18.8 Å². The zero-order chi connectivity index (χ0) is 73.7. The van der Waals surface area contributed by atoms with Gasteiger partial charge < -0.3 is 64.8 Å². The summed E-state index contributed by atoms with van der Waals surface area (Å²) >= 11 is 6.15. The molecule has 29 heteroatoms. The van der Waals surface area contributed by atoms with E-state index in [0.29, 0.717) is 44.1 Å². The Morgan fingerprint density at radius 3 is 1.87 bits per heavy atom. The molecule has 552 valence electrons. The number of rotatable bonds is 10. The highest BCUT2D eigenvalue weighted by atomic mass is 35.5. The monoisotopic (exact) mass is 1420 g/mol. The number of halogens is 4. The van der Waals surface area contributed by atoms with Crippen molar-refractivity contribution >= 4 is 82.5 Å². The molecule has 1 spiro atoms. The standard InChI is InChI=1S/C71H102ClF3N12O13/c1-12-45(4)60-67(97)81(7)42-58(90)79(5)43-59(91)83(9)54(39-47-25-23-44(3)24-26-47)65(95)80(6)41-56(88)76-51(30-28-46-27-29-49(50(72)38-46)71(73,74)75)64(94)87-33-19-22-53(87)63(93)78-70(31-17-18-32-70)69(99)85(11)61(48-20-15-14-16-21-48)68(98)84(10)55(66(96)86-34-36-100-37-35-86)40-57(89)82(8)52(13-2)62(92)77-60/h23-27,29,38,45,48,51-55,60-61H,12-22,28,30-37,39-43H2,1-11H3,(H,76,88)(H,77,92)(H,78,93)/t45-,51-,52-,53-,54-,55-,60-,61-/m0/s1. The largest absolute Gasteiger partial charge is 0.417 e. The molecule has 2 aromatic carbocycles. The van der Waals surface area contributed by atoms with Crippen molar-refractivity contribution < 1.29 is 75.4 Å². The van der Waals surface area contributed by atoms with Crippen molar-refractivity contribution in [3.63, 3.8) is 0 Å². The number of fused-ring (bicyclic) bond motifs is 1. The van der Waals surface area contributed by atoms with Crippen LogP contribution in [0.3, 0.4) is 0 Å². The molecule has 0 aromatic heterocycles. The second-order valence-corrected chi connectivity index (χ2v) is 28.4. The molecule has 3 aliphatic heterocycles. The lowest BCUT2D eigenvalue weighted by Gasteiger charge is -2.43. The minimum atomic E-state index is -4.77. The summed E-state index contributed by atoms with van der Waals surface area (Å²) in [6, 6.07) is 1.28. The third-order valence-corrected chi connectivity index (χ3v) is 21.3. The molecule has 3 N–H and O–H groups in total. The number of nitrogens with zero attached hydrogens (tertiary/aromatic N) is 9. The minimum Gasteiger partial charge on any atom is -0.378 e. The highest BCUT2D eigenvalue weighted by Gasteiger charge is 2.51. The van der Waals surface area contributed by atoms with Gasteiger partial charge in [-0.3, -0.25) is 57.5 Å². The van der Waals surface area contributed by atoms with Gasteiger partial charge in [0.25, 0.3) is 0 Å². The summed E-state index contributed by atoms with van der Waals surface area (Å²) in [6.45, 7) is 5.97. The highest BCUT2D eigenvalue weighted by molar-refractivity contribution is 6.31. The average Bonchev–Trinajstić information content (AvgIpc) is 1.41. The number of benzene rings is 2. The van der Waals surface area contributed by atoms with Gasteiger partial charge in [0.2, 0.25) is 70.9 Å². The fourth-order valence-electron chi connectivity index (χ4n) is 14.4. The minimum absolute atomic E-state index is 0.0174. The number of aryl methyl sites for hydroxylation is 2. The molecule has 2 aromatic rings. The maximum atomic E-state index is 15.7. The Morgan fingerprint density at radius 2 is 1.26 bits per heavy atom. The predicted octanol–water partition coefficient (Wildman–Crippen LogP) is 4.21. The maximum absolute atomic E-state index is 15.7. The second kappa shape index (κ2) is 35.1. The van der Waals surface area contributed by atoms with Crippen LogP contribution in [-0.2, 0) is 81.3 Å². The van der Waals surface area contributed by atoms with Crippen molar-refractivity contribution in [1.29, 1.82) is 0 Å². The second-order valence-electron chi connectivity index (χ2n) is 28.0. The van der Waals surface area contributed by atoms with Gasteiger partial charge in [0.05, 0.1) is 49.9 Å². The topological polar surface area (TPSA) is 279 Å². The lowest BCUT2D eigenvalue weighted by atomic mass is 9.81. The van der Waals surface area contributed by atoms with Crippen LogP contribution in [0.15, 0.2) is 42.5 Å². The Bertz CT molecular complexity index is 3310. The first-order valence-electron chi connectivity index (χ1n) is 35.0. The smallest absolute Gasteiger partial charge is 0.378 e. The summed E-state index contributed by atoms with van der Waals surface area (Å²) < 4.78 is 47.2. The number of likely N-dealkylation sites (N-methyl/N-ethyl adjacent to an activating group) is 7. The number of nitrogens with one attached hydrogen (secondary N) is 3. The highest BCUT2D eigenvalue weighted by Crippen LogP contribution is 2.38. The molecule has 3 heterocycles. The number of hydrogen-bond acceptors (Lipinski definition) is 13. The van der Waals surface area contributed by atoms with Crippen LogP contribution in [0.1, 0.15) is 139 Å². The number of alkyl halides is 3. The molecule has 8 atom stereocenters. The van der Waals surface area contributed by atoms with Gasteiger partial charge in [-0.25, -0.2) is 0 Å². The third-order valence-electron chi connectivity index (χ3n) is 21.0. The average molecular weight is 1420 g/mol. The Kier molecular flexibility index (Phi) is 27.9. The molecule has 12 amide bonds. The summed E-state index contributed by atoms with van der Waals surface area (Å²) in [4.78, 5) is 189. The molecule has 0 unspecified atom stereocenters. The molecular weight excluding hydrogens is 1320 g/mol. The summed E-state index contributed by atoms with van der Waals surface area (Å²) in [5, 5.41) is 8.04. The van der Waals surface area contributed by atoms with E-state index in [1.165, 1.54) is 79.9 Å². The van der Waals surface area contributed by atoms with Gasteiger partial charge in [0.1, 0.15) is 47.8 Å². The van der Waals surface area contributed by atoms with Crippen LogP contribution in [0.25, 0.3) is 0 Å².